The predicted octanol–water partition coefficient (Wildman–Crippen LogP) is 0.439. The molecule has 1 heterocycles. The number of aliphatic carboxylic acids is 1. The Balaban J connectivity index is 2.26. The highest BCUT2D eigenvalue weighted by Crippen LogP contribution is 2.11. The predicted molar refractivity (Wildman–Crippen MR) is 95.7 cm³/mol. The van der Waals surface area contributed by atoms with Crippen molar-refractivity contribution < 1.29 is 19.5 Å². The number of aromatic nitrogens is 1. The standard InChI is InChI=1S/C18H21N3O5/c1-12(18(25)26)21(10-8-19-13(2)22)17(24)11-20-9-7-16(23)14-5-3-4-6-15(14)20/h3-7,9,12H,8,10-11H2,1-2H3,(H,19,22)(H,25,26). The molecule has 0 radical (unpaired) electrons. The average molecular weight is 359 g/mol. The van der Waals surface area contributed by atoms with E-state index >= 15 is 0 Å². The number of nitrogens with zero attached hydrogens (tertiary/aromatic N) is 2. The number of rotatable bonds is 7. The molecular formula is C18H21N3O5. The number of hydrogen-bond acceptors (Lipinski definition) is 4. The van der Waals surface area contributed by atoms with E-state index in [9.17, 15) is 24.3 Å². The van der Waals surface area contributed by atoms with Crippen LogP contribution in [0.3, 0.4) is 0 Å². The van der Waals surface area contributed by atoms with Gasteiger partial charge in [-0.1, -0.05) is 12.1 Å². The summed E-state index contributed by atoms with van der Waals surface area (Å²) in [6.07, 6.45) is 1.51. The zero-order valence-corrected chi connectivity index (χ0v) is 14.6. The molecule has 0 saturated heterocycles. The minimum atomic E-state index is -1.13. The van der Waals surface area contributed by atoms with E-state index < -0.39 is 17.9 Å². The van der Waals surface area contributed by atoms with Crippen LogP contribution in [0.25, 0.3) is 10.9 Å². The first-order valence-electron chi connectivity index (χ1n) is 8.16. The zero-order valence-electron chi connectivity index (χ0n) is 14.6. The Morgan fingerprint density at radius 2 is 1.92 bits per heavy atom. The van der Waals surface area contributed by atoms with Crippen LogP contribution < -0.4 is 10.7 Å². The molecular weight excluding hydrogens is 338 g/mol. The number of carbonyl (C=O) groups excluding carboxylic acids is 2. The summed E-state index contributed by atoms with van der Waals surface area (Å²) in [6, 6.07) is 7.23. The molecule has 138 valence electrons. The summed E-state index contributed by atoms with van der Waals surface area (Å²) in [4.78, 5) is 48.2. The van der Waals surface area contributed by atoms with Crippen LogP contribution in [0.15, 0.2) is 41.3 Å². The lowest BCUT2D eigenvalue weighted by atomic mass is 10.2. The Morgan fingerprint density at radius 3 is 2.58 bits per heavy atom. The fourth-order valence-electron chi connectivity index (χ4n) is 2.65. The number of fused-ring (bicyclic) bond motifs is 1. The molecule has 2 amide bonds. The molecule has 1 aromatic carbocycles. The Bertz CT molecular complexity index is 890. The van der Waals surface area contributed by atoms with Crippen molar-refractivity contribution in [3.8, 4) is 0 Å². The van der Waals surface area contributed by atoms with Crippen molar-refractivity contribution in [1.29, 1.82) is 0 Å². The van der Waals surface area contributed by atoms with Gasteiger partial charge in [-0.25, -0.2) is 4.79 Å². The number of amides is 2. The normalized spacial score (nSPS) is 11.8. The van der Waals surface area contributed by atoms with Crippen molar-refractivity contribution in [2.24, 2.45) is 0 Å². The molecule has 0 fully saturated rings. The van der Waals surface area contributed by atoms with Crippen molar-refractivity contribution in [2.75, 3.05) is 13.1 Å². The van der Waals surface area contributed by atoms with E-state index in [0.717, 1.165) is 0 Å². The summed E-state index contributed by atoms with van der Waals surface area (Å²) in [6.45, 7) is 2.88. The Labute approximate surface area is 150 Å². The first kappa shape index (κ1) is 19.2. The monoisotopic (exact) mass is 359 g/mol. The van der Waals surface area contributed by atoms with Crippen molar-refractivity contribution >= 4 is 28.7 Å². The smallest absolute Gasteiger partial charge is 0.326 e. The first-order valence-corrected chi connectivity index (χ1v) is 8.16. The number of carbonyl (C=O) groups is 3. The topological polar surface area (TPSA) is 109 Å². The summed E-state index contributed by atoms with van der Waals surface area (Å²) in [7, 11) is 0. The van der Waals surface area contributed by atoms with Gasteiger partial charge in [-0.3, -0.25) is 14.4 Å². The molecule has 2 aromatic rings. The number of carboxylic acids is 1. The third-order valence-electron chi connectivity index (χ3n) is 4.06. The summed E-state index contributed by atoms with van der Waals surface area (Å²) >= 11 is 0. The highest BCUT2D eigenvalue weighted by Gasteiger charge is 2.25. The van der Waals surface area contributed by atoms with Gasteiger partial charge in [-0.2, -0.15) is 0 Å². The maximum Gasteiger partial charge on any atom is 0.326 e. The molecule has 0 aliphatic rings. The van der Waals surface area contributed by atoms with Crippen LogP contribution in [0.1, 0.15) is 13.8 Å². The maximum atomic E-state index is 12.7. The minimum Gasteiger partial charge on any atom is -0.480 e. The van der Waals surface area contributed by atoms with Gasteiger partial charge >= 0.3 is 5.97 Å². The van der Waals surface area contributed by atoms with Crippen molar-refractivity contribution in [2.45, 2.75) is 26.4 Å². The van der Waals surface area contributed by atoms with Crippen molar-refractivity contribution in [3.63, 3.8) is 0 Å². The van der Waals surface area contributed by atoms with E-state index in [1.165, 1.54) is 31.0 Å². The fraction of sp³-hybridized carbons (Fsp3) is 0.333. The second kappa shape index (κ2) is 8.28. The molecule has 8 nitrogen and oxygen atoms in total. The fourth-order valence-corrected chi connectivity index (χ4v) is 2.65. The summed E-state index contributed by atoms with van der Waals surface area (Å²) in [5, 5.41) is 12.3. The molecule has 2 N–H and O–H groups in total. The number of pyridine rings is 1. The average Bonchev–Trinajstić information content (AvgIpc) is 2.60. The first-order chi connectivity index (χ1) is 12.3. The van der Waals surface area contributed by atoms with Crippen LogP contribution in [0, 0.1) is 0 Å². The van der Waals surface area contributed by atoms with E-state index in [1.54, 1.807) is 28.8 Å². The molecule has 0 aliphatic carbocycles. The molecule has 2 rings (SSSR count). The van der Waals surface area contributed by atoms with Gasteiger partial charge < -0.3 is 19.9 Å². The van der Waals surface area contributed by atoms with Gasteiger partial charge in [-0.15, -0.1) is 0 Å². The highest BCUT2D eigenvalue weighted by molar-refractivity contribution is 5.85. The van der Waals surface area contributed by atoms with E-state index in [0.29, 0.717) is 10.9 Å². The second-order valence-electron chi connectivity index (χ2n) is 5.91. The molecule has 0 spiro atoms. The Morgan fingerprint density at radius 1 is 1.23 bits per heavy atom. The number of para-hydroxylation sites is 1. The lowest BCUT2D eigenvalue weighted by Gasteiger charge is -2.27. The van der Waals surface area contributed by atoms with Crippen LogP contribution >= 0.6 is 0 Å². The van der Waals surface area contributed by atoms with Gasteiger partial charge in [0.15, 0.2) is 5.43 Å². The second-order valence-corrected chi connectivity index (χ2v) is 5.91. The molecule has 1 unspecified atom stereocenters. The van der Waals surface area contributed by atoms with Crippen molar-refractivity contribution in [1.82, 2.24) is 14.8 Å². The van der Waals surface area contributed by atoms with Crippen LogP contribution in [0.4, 0.5) is 0 Å². The summed E-state index contributed by atoms with van der Waals surface area (Å²) in [5.74, 6) is -1.81. The number of carboxylic acid groups (broad SMARTS) is 1. The lowest BCUT2D eigenvalue weighted by molar-refractivity contribution is -0.149. The number of hydrogen-bond donors (Lipinski definition) is 2. The molecule has 1 atom stereocenters. The van der Waals surface area contributed by atoms with Gasteiger partial charge in [0, 0.05) is 37.7 Å². The Kier molecular flexibility index (Phi) is 6.11. The van der Waals surface area contributed by atoms with E-state index in [2.05, 4.69) is 5.32 Å². The van der Waals surface area contributed by atoms with Crippen molar-refractivity contribution in [3.05, 3.63) is 46.8 Å². The third kappa shape index (κ3) is 4.47. The van der Waals surface area contributed by atoms with Gasteiger partial charge in [0.05, 0.1) is 5.52 Å². The van der Waals surface area contributed by atoms with Gasteiger partial charge in [0.25, 0.3) is 0 Å². The van der Waals surface area contributed by atoms with E-state index in [-0.39, 0.29) is 31.0 Å². The molecule has 1 aromatic heterocycles. The third-order valence-corrected chi connectivity index (χ3v) is 4.06. The highest BCUT2D eigenvalue weighted by atomic mass is 16.4. The molecule has 26 heavy (non-hydrogen) atoms. The van der Waals surface area contributed by atoms with Crippen LogP contribution in [0.5, 0.6) is 0 Å². The minimum absolute atomic E-state index is 0.0734. The van der Waals surface area contributed by atoms with Crippen LogP contribution in [-0.4, -0.2) is 51.5 Å². The SMILES string of the molecule is CC(=O)NCCN(C(=O)Cn1ccc(=O)c2ccccc21)C(C)C(=O)O. The number of benzene rings is 1. The van der Waals surface area contributed by atoms with Gasteiger partial charge in [0.2, 0.25) is 11.8 Å². The summed E-state index contributed by atoms with van der Waals surface area (Å²) < 4.78 is 1.61. The lowest BCUT2D eigenvalue weighted by Crippen LogP contribution is -2.48. The van der Waals surface area contributed by atoms with Crippen LogP contribution in [0.2, 0.25) is 0 Å². The van der Waals surface area contributed by atoms with E-state index in [1.807, 2.05) is 0 Å². The Hall–Kier alpha value is -3.16. The molecule has 0 aliphatic heterocycles. The largest absolute Gasteiger partial charge is 0.480 e. The van der Waals surface area contributed by atoms with Crippen LogP contribution in [-0.2, 0) is 20.9 Å². The summed E-state index contributed by atoms with van der Waals surface area (Å²) in [5.41, 5.74) is 0.448. The molecule has 8 heteroatoms. The zero-order chi connectivity index (χ0) is 19.3. The van der Waals surface area contributed by atoms with Gasteiger partial charge in [0.1, 0.15) is 12.6 Å². The number of nitrogens with one attached hydrogen (secondary N) is 1. The maximum absolute atomic E-state index is 12.7. The molecule has 0 bridgehead atoms. The van der Waals surface area contributed by atoms with Gasteiger partial charge in [-0.05, 0) is 19.1 Å². The quantitative estimate of drug-likeness (QED) is 0.746. The molecule has 0 saturated carbocycles. The van der Waals surface area contributed by atoms with E-state index in [4.69, 9.17) is 0 Å².